The summed E-state index contributed by atoms with van der Waals surface area (Å²) in [6.07, 6.45) is 1.69. The maximum atomic E-state index is 12.3. The van der Waals surface area contributed by atoms with Crippen molar-refractivity contribution in [3.05, 3.63) is 78.4 Å². The second-order valence-corrected chi connectivity index (χ2v) is 5.72. The third-order valence-corrected chi connectivity index (χ3v) is 3.75. The summed E-state index contributed by atoms with van der Waals surface area (Å²) in [4.78, 5) is 14.4. The van der Waals surface area contributed by atoms with Gasteiger partial charge in [-0.2, -0.15) is 0 Å². The lowest BCUT2D eigenvalue weighted by Gasteiger charge is -2.25. The van der Waals surface area contributed by atoms with Crippen LogP contribution in [-0.4, -0.2) is 38.1 Å². The van der Waals surface area contributed by atoms with Gasteiger partial charge in [-0.1, -0.05) is 43.0 Å². The number of hydrogen-bond acceptors (Lipinski definition) is 3. The van der Waals surface area contributed by atoms with Crippen molar-refractivity contribution in [3.63, 3.8) is 0 Å². The molecule has 126 valence electrons. The van der Waals surface area contributed by atoms with Crippen LogP contribution in [0.4, 0.5) is 0 Å². The predicted octanol–water partition coefficient (Wildman–Crippen LogP) is 3.28. The summed E-state index contributed by atoms with van der Waals surface area (Å²) >= 11 is 0. The highest BCUT2D eigenvalue weighted by Gasteiger charge is 2.15. The Balaban J connectivity index is 1.97. The zero-order valence-corrected chi connectivity index (χ0v) is 14.2. The number of nitrogens with one attached hydrogen (secondary N) is 1. The minimum absolute atomic E-state index is 0.0898. The van der Waals surface area contributed by atoms with Crippen LogP contribution in [0.3, 0.4) is 0 Å². The topological polar surface area (TPSA) is 41.6 Å². The highest BCUT2D eigenvalue weighted by atomic mass is 16.5. The molecule has 0 aliphatic heterocycles. The molecular weight excluding hydrogens is 300 g/mol. The summed E-state index contributed by atoms with van der Waals surface area (Å²) in [5, 5.41) is 3.00. The molecule has 4 heteroatoms. The third-order valence-electron chi connectivity index (χ3n) is 3.75. The van der Waals surface area contributed by atoms with E-state index in [4.69, 9.17) is 4.74 Å². The molecule has 4 nitrogen and oxygen atoms in total. The minimum Gasteiger partial charge on any atom is -0.490 e. The van der Waals surface area contributed by atoms with E-state index in [-0.39, 0.29) is 11.9 Å². The van der Waals surface area contributed by atoms with Gasteiger partial charge in [-0.3, -0.25) is 4.79 Å². The van der Waals surface area contributed by atoms with Gasteiger partial charge in [0.2, 0.25) is 0 Å². The summed E-state index contributed by atoms with van der Waals surface area (Å²) in [7, 11) is 4.02. The molecule has 1 amide bonds. The van der Waals surface area contributed by atoms with Gasteiger partial charge in [0.15, 0.2) is 0 Å². The van der Waals surface area contributed by atoms with Gasteiger partial charge >= 0.3 is 0 Å². The lowest BCUT2D eigenvalue weighted by atomic mass is 10.1. The molecule has 0 saturated carbocycles. The minimum atomic E-state index is -0.0898. The van der Waals surface area contributed by atoms with E-state index in [1.807, 2.05) is 32.3 Å². The largest absolute Gasteiger partial charge is 0.490 e. The van der Waals surface area contributed by atoms with Crippen molar-refractivity contribution in [2.75, 3.05) is 27.2 Å². The maximum Gasteiger partial charge on any atom is 0.251 e. The summed E-state index contributed by atoms with van der Waals surface area (Å²) in [6.45, 7) is 4.61. The maximum absolute atomic E-state index is 12.3. The van der Waals surface area contributed by atoms with Gasteiger partial charge in [0.25, 0.3) is 5.91 Å². The third kappa shape index (κ3) is 4.96. The van der Waals surface area contributed by atoms with Crippen LogP contribution < -0.4 is 10.1 Å². The van der Waals surface area contributed by atoms with Crippen LogP contribution in [0.2, 0.25) is 0 Å². The van der Waals surface area contributed by atoms with Crippen LogP contribution in [0.5, 0.6) is 5.75 Å². The second-order valence-electron chi connectivity index (χ2n) is 5.72. The zero-order chi connectivity index (χ0) is 17.4. The normalized spacial score (nSPS) is 11.8. The van der Waals surface area contributed by atoms with Gasteiger partial charge in [0.1, 0.15) is 12.4 Å². The average molecular weight is 324 g/mol. The highest BCUT2D eigenvalue weighted by Crippen LogP contribution is 2.17. The van der Waals surface area contributed by atoms with Gasteiger partial charge in [0, 0.05) is 12.1 Å². The van der Waals surface area contributed by atoms with Gasteiger partial charge in [-0.15, -0.1) is 0 Å². The number of carbonyl (C=O) groups is 1. The standard InChI is InChI=1S/C20H24N2O2/c1-4-14-24-18-12-10-17(11-13-18)20(23)21-15-19(22(2)3)16-8-6-5-7-9-16/h4-13,19H,1,14-15H2,2-3H3,(H,21,23). The van der Waals surface area contributed by atoms with Gasteiger partial charge in [0.05, 0.1) is 6.04 Å². The molecule has 0 radical (unpaired) electrons. The number of amides is 1. The van der Waals surface area contributed by atoms with Crippen molar-refractivity contribution >= 4 is 5.91 Å². The van der Waals surface area contributed by atoms with E-state index in [0.717, 1.165) is 5.75 Å². The molecule has 0 aromatic heterocycles. The molecule has 1 unspecified atom stereocenters. The molecule has 2 aromatic rings. The molecule has 0 spiro atoms. The van der Waals surface area contributed by atoms with Gasteiger partial charge in [-0.25, -0.2) is 0 Å². The number of rotatable bonds is 8. The first-order chi connectivity index (χ1) is 11.6. The van der Waals surface area contributed by atoms with E-state index in [2.05, 4.69) is 28.9 Å². The SMILES string of the molecule is C=CCOc1ccc(C(=O)NCC(c2ccccc2)N(C)C)cc1. The van der Waals surface area contributed by atoms with Crippen LogP contribution >= 0.6 is 0 Å². The smallest absolute Gasteiger partial charge is 0.251 e. The van der Waals surface area contributed by atoms with Crippen LogP contribution in [-0.2, 0) is 0 Å². The van der Waals surface area contributed by atoms with E-state index in [1.165, 1.54) is 5.56 Å². The van der Waals surface area contributed by atoms with Crippen LogP contribution in [0.15, 0.2) is 67.3 Å². The molecule has 0 heterocycles. The van der Waals surface area contributed by atoms with E-state index < -0.39 is 0 Å². The number of benzene rings is 2. The fraction of sp³-hybridized carbons (Fsp3) is 0.250. The molecule has 1 atom stereocenters. The molecule has 1 N–H and O–H groups in total. The lowest BCUT2D eigenvalue weighted by molar-refractivity contribution is 0.0942. The van der Waals surface area contributed by atoms with E-state index in [9.17, 15) is 4.79 Å². The van der Waals surface area contributed by atoms with Crippen LogP contribution in [0, 0.1) is 0 Å². The Morgan fingerprint density at radius 3 is 2.42 bits per heavy atom. The van der Waals surface area contributed by atoms with Crippen molar-refractivity contribution in [2.24, 2.45) is 0 Å². The van der Waals surface area contributed by atoms with E-state index in [0.29, 0.717) is 18.7 Å². The first kappa shape index (κ1) is 17.8. The fourth-order valence-electron chi connectivity index (χ4n) is 2.42. The van der Waals surface area contributed by atoms with Crippen LogP contribution in [0.25, 0.3) is 0 Å². The molecule has 24 heavy (non-hydrogen) atoms. The summed E-state index contributed by atoms with van der Waals surface area (Å²) in [5.41, 5.74) is 1.79. The fourth-order valence-corrected chi connectivity index (χ4v) is 2.42. The second kappa shape index (κ2) is 8.89. The zero-order valence-electron chi connectivity index (χ0n) is 14.2. The molecule has 0 aliphatic rings. The predicted molar refractivity (Wildman–Crippen MR) is 97.3 cm³/mol. The van der Waals surface area contributed by atoms with E-state index >= 15 is 0 Å². The number of ether oxygens (including phenoxy) is 1. The van der Waals surface area contributed by atoms with Crippen molar-refractivity contribution in [2.45, 2.75) is 6.04 Å². The Bertz CT molecular complexity index is 651. The molecule has 2 rings (SSSR count). The molecule has 0 aliphatic carbocycles. The van der Waals surface area contributed by atoms with Gasteiger partial charge < -0.3 is 15.0 Å². The summed E-state index contributed by atoms with van der Waals surface area (Å²) < 4.78 is 5.42. The molecule has 0 bridgehead atoms. The molecular formula is C20H24N2O2. The summed E-state index contributed by atoms with van der Waals surface area (Å²) in [6, 6.07) is 17.4. The Hall–Kier alpha value is -2.59. The molecule has 2 aromatic carbocycles. The molecule has 0 fully saturated rings. The number of hydrogen-bond donors (Lipinski definition) is 1. The number of carbonyl (C=O) groups excluding carboxylic acids is 1. The van der Waals surface area contributed by atoms with E-state index in [1.54, 1.807) is 30.3 Å². The number of nitrogens with zero attached hydrogens (tertiary/aromatic N) is 1. The Morgan fingerprint density at radius 1 is 1.17 bits per heavy atom. The van der Waals surface area contributed by atoms with Crippen molar-refractivity contribution in [3.8, 4) is 5.75 Å². The Labute approximate surface area is 143 Å². The average Bonchev–Trinajstić information content (AvgIpc) is 2.61. The van der Waals surface area contributed by atoms with Gasteiger partial charge in [-0.05, 0) is 43.9 Å². The number of likely N-dealkylation sites (N-methyl/N-ethyl adjacent to an activating group) is 1. The highest BCUT2D eigenvalue weighted by molar-refractivity contribution is 5.94. The summed E-state index contributed by atoms with van der Waals surface area (Å²) in [5.74, 6) is 0.634. The first-order valence-electron chi connectivity index (χ1n) is 7.95. The van der Waals surface area contributed by atoms with Crippen molar-refractivity contribution in [1.82, 2.24) is 10.2 Å². The Kier molecular flexibility index (Phi) is 6.58. The van der Waals surface area contributed by atoms with Crippen molar-refractivity contribution in [1.29, 1.82) is 0 Å². The van der Waals surface area contributed by atoms with Crippen LogP contribution in [0.1, 0.15) is 22.0 Å². The van der Waals surface area contributed by atoms with Crippen molar-refractivity contribution < 1.29 is 9.53 Å². The Morgan fingerprint density at radius 2 is 1.83 bits per heavy atom. The first-order valence-corrected chi connectivity index (χ1v) is 7.95. The quantitative estimate of drug-likeness (QED) is 0.758. The lowest BCUT2D eigenvalue weighted by Crippen LogP contribution is -2.34. The monoisotopic (exact) mass is 324 g/mol. The molecule has 0 saturated heterocycles.